The fraction of sp³-hybridized carbons (Fsp3) is 0.346. The van der Waals surface area contributed by atoms with Gasteiger partial charge in [0, 0.05) is 18.7 Å². The van der Waals surface area contributed by atoms with Crippen molar-refractivity contribution in [1.82, 2.24) is 9.88 Å². The quantitative estimate of drug-likeness (QED) is 0.544. The Labute approximate surface area is 208 Å². The summed E-state index contributed by atoms with van der Waals surface area (Å²) in [6, 6.07) is 17.2. The van der Waals surface area contributed by atoms with Crippen LogP contribution in [0, 0.1) is 0 Å². The second-order valence-corrected chi connectivity index (χ2v) is 10.8. The lowest BCUT2D eigenvalue weighted by Crippen LogP contribution is -2.50. The zero-order valence-corrected chi connectivity index (χ0v) is 20.7. The van der Waals surface area contributed by atoms with Gasteiger partial charge in [0.05, 0.1) is 17.8 Å². The molecule has 9 heteroatoms. The van der Waals surface area contributed by atoms with Crippen LogP contribution in [0.15, 0.2) is 54.6 Å². The van der Waals surface area contributed by atoms with Crippen molar-refractivity contribution >= 4 is 28.5 Å². The van der Waals surface area contributed by atoms with Gasteiger partial charge in [0.15, 0.2) is 5.13 Å². The Hall–Kier alpha value is -3.59. The molecule has 0 radical (unpaired) electrons. The summed E-state index contributed by atoms with van der Waals surface area (Å²) < 4.78 is 11.4. The Bertz CT molecular complexity index is 1240. The first-order valence-corrected chi connectivity index (χ1v) is 12.4. The first-order valence-electron chi connectivity index (χ1n) is 11.6. The second-order valence-electron chi connectivity index (χ2n) is 9.81. The van der Waals surface area contributed by atoms with Gasteiger partial charge in [-0.2, -0.15) is 0 Å². The lowest BCUT2D eigenvalue weighted by Gasteiger charge is -2.35. The second kappa shape index (κ2) is 8.88. The zero-order valence-electron chi connectivity index (χ0n) is 19.9. The van der Waals surface area contributed by atoms with Gasteiger partial charge in [0.2, 0.25) is 0 Å². The lowest BCUT2D eigenvalue weighted by atomic mass is 10.1. The third kappa shape index (κ3) is 4.81. The molecule has 2 N–H and O–H groups in total. The lowest BCUT2D eigenvalue weighted by molar-refractivity contribution is 0.0214. The van der Waals surface area contributed by atoms with E-state index in [0.29, 0.717) is 29.4 Å². The number of para-hydroxylation sites is 1. The predicted octanol–water partition coefficient (Wildman–Crippen LogP) is 4.90. The fourth-order valence-electron chi connectivity index (χ4n) is 4.55. The number of rotatable bonds is 5. The van der Waals surface area contributed by atoms with Crippen LogP contribution in [0.5, 0.6) is 11.5 Å². The van der Waals surface area contributed by atoms with E-state index in [9.17, 15) is 9.59 Å². The van der Waals surface area contributed by atoms with Crippen molar-refractivity contribution < 1.29 is 19.1 Å². The molecule has 2 aliphatic rings. The number of amides is 2. The topological polar surface area (TPSA) is 98.0 Å². The normalized spacial score (nSPS) is 19.2. The van der Waals surface area contributed by atoms with Crippen LogP contribution in [0.25, 0.3) is 11.3 Å². The Morgan fingerprint density at radius 3 is 2.29 bits per heavy atom. The minimum atomic E-state index is -0.527. The van der Waals surface area contributed by atoms with Gasteiger partial charge in [-0.3, -0.25) is 4.79 Å². The number of primary amides is 1. The number of carbonyl (C=O) groups is 2. The Morgan fingerprint density at radius 1 is 1.00 bits per heavy atom. The number of likely N-dealkylation sites (tertiary alicyclic amines) is 1. The number of fused-ring (bicyclic) bond motifs is 2. The van der Waals surface area contributed by atoms with E-state index < -0.39 is 11.5 Å². The van der Waals surface area contributed by atoms with Crippen molar-refractivity contribution in [1.29, 1.82) is 0 Å². The van der Waals surface area contributed by atoms with Crippen LogP contribution in [0.3, 0.4) is 0 Å². The van der Waals surface area contributed by atoms with Crippen LogP contribution in [0.2, 0.25) is 0 Å². The number of nitrogens with two attached hydrogens (primary N) is 1. The minimum Gasteiger partial charge on any atom is -0.457 e. The highest BCUT2D eigenvalue weighted by Crippen LogP contribution is 2.40. The van der Waals surface area contributed by atoms with E-state index in [1.54, 1.807) is 4.90 Å². The predicted molar refractivity (Wildman–Crippen MR) is 135 cm³/mol. The van der Waals surface area contributed by atoms with Crippen molar-refractivity contribution in [2.45, 2.75) is 44.9 Å². The number of anilines is 1. The Balaban J connectivity index is 1.33. The molecule has 0 aliphatic carbocycles. The summed E-state index contributed by atoms with van der Waals surface area (Å²) in [5.41, 5.74) is 6.54. The Morgan fingerprint density at radius 2 is 1.69 bits per heavy atom. The van der Waals surface area contributed by atoms with E-state index in [1.165, 1.54) is 11.3 Å². The highest BCUT2D eigenvalue weighted by Gasteiger charge is 2.47. The van der Waals surface area contributed by atoms with E-state index in [0.717, 1.165) is 22.9 Å². The molecule has 3 heterocycles. The Kier molecular flexibility index (Phi) is 5.88. The molecule has 2 atom stereocenters. The number of piperazine rings is 1. The minimum absolute atomic E-state index is 0.0636. The average molecular weight is 493 g/mol. The van der Waals surface area contributed by atoms with Gasteiger partial charge in [-0.25, -0.2) is 9.78 Å². The van der Waals surface area contributed by atoms with Crippen LogP contribution >= 0.6 is 11.3 Å². The summed E-state index contributed by atoms with van der Waals surface area (Å²) in [6.07, 6.45) is 0.575. The summed E-state index contributed by atoms with van der Waals surface area (Å²) in [6.45, 7) is 6.84. The number of ether oxygens (including phenoxy) is 2. The molecule has 2 fully saturated rings. The molecule has 2 bridgehead atoms. The van der Waals surface area contributed by atoms with E-state index in [-0.39, 0.29) is 18.2 Å². The third-order valence-corrected chi connectivity index (χ3v) is 7.17. The molecular formula is C26H28N4O4S. The molecule has 0 saturated carbocycles. The number of carbonyl (C=O) groups excluding carboxylic acids is 2. The first kappa shape index (κ1) is 23.2. The summed E-state index contributed by atoms with van der Waals surface area (Å²) in [5, 5.41) is 0.745. The molecule has 1 aromatic heterocycles. The molecule has 0 spiro atoms. The maximum Gasteiger partial charge on any atom is 0.410 e. The fourth-order valence-corrected chi connectivity index (χ4v) is 5.57. The monoisotopic (exact) mass is 492 g/mol. The largest absolute Gasteiger partial charge is 0.457 e. The van der Waals surface area contributed by atoms with Gasteiger partial charge in [-0.1, -0.05) is 29.5 Å². The molecule has 2 unspecified atom stereocenters. The van der Waals surface area contributed by atoms with Crippen LogP contribution < -0.4 is 15.4 Å². The summed E-state index contributed by atoms with van der Waals surface area (Å²) in [7, 11) is 0. The van der Waals surface area contributed by atoms with Crippen LogP contribution in [-0.2, 0) is 4.74 Å². The van der Waals surface area contributed by atoms with E-state index in [1.807, 2.05) is 75.4 Å². The van der Waals surface area contributed by atoms with Gasteiger partial charge < -0.3 is 25.0 Å². The molecule has 8 nitrogen and oxygen atoms in total. The van der Waals surface area contributed by atoms with Crippen molar-refractivity contribution in [2.24, 2.45) is 5.73 Å². The maximum atomic E-state index is 12.6. The summed E-state index contributed by atoms with van der Waals surface area (Å²) >= 11 is 1.30. The third-order valence-electron chi connectivity index (χ3n) is 6.06. The van der Waals surface area contributed by atoms with Gasteiger partial charge in [-0.15, -0.1) is 0 Å². The number of aromatic nitrogens is 1. The maximum absolute atomic E-state index is 12.6. The highest BCUT2D eigenvalue weighted by atomic mass is 32.1. The van der Waals surface area contributed by atoms with Gasteiger partial charge in [-0.05, 0) is 63.6 Å². The van der Waals surface area contributed by atoms with Crippen molar-refractivity contribution in [3.63, 3.8) is 0 Å². The molecule has 3 aromatic rings. The molecule has 2 aromatic carbocycles. The van der Waals surface area contributed by atoms with Gasteiger partial charge in [0.25, 0.3) is 5.91 Å². The number of nitrogens with zero attached hydrogens (tertiary/aromatic N) is 3. The van der Waals surface area contributed by atoms with Crippen molar-refractivity contribution in [3.8, 4) is 22.8 Å². The SMILES string of the molecule is CC(C)(C)OC(=O)N1CC2CC1CN2c1nc(-c2ccc(Oc3ccccc3)cc2)c(C(N)=O)s1. The average Bonchev–Trinajstić information content (AvgIpc) is 3.53. The first-order chi connectivity index (χ1) is 16.7. The standard InChI is InChI=1S/C26H28N4O4S/c1-26(2,3)34-25(32)30-15-17-13-18(30)14-29(17)24-28-21(22(35-24)23(27)31)16-9-11-20(12-10-16)33-19-7-5-4-6-8-19/h4-12,17-18H,13-15H2,1-3H3,(H2,27,31). The van der Waals surface area contributed by atoms with E-state index in [2.05, 4.69) is 4.90 Å². The molecule has 2 amide bonds. The summed E-state index contributed by atoms with van der Waals surface area (Å²) in [4.78, 5) is 34.0. The van der Waals surface area contributed by atoms with Gasteiger partial charge >= 0.3 is 6.09 Å². The van der Waals surface area contributed by atoms with Crippen LogP contribution in [-0.4, -0.2) is 52.7 Å². The number of benzene rings is 2. The summed E-state index contributed by atoms with van der Waals surface area (Å²) in [5.74, 6) is 0.932. The molecular weight excluding hydrogens is 464 g/mol. The van der Waals surface area contributed by atoms with Gasteiger partial charge in [0.1, 0.15) is 22.0 Å². The van der Waals surface area contributed by atoms with Crippen LogP contribution in [0.4, 0.5) is 9.93 Å². The smallest absolute Gasteiger partial charge is 0.410 e. The molecule has 2 aliphatic heterocycles. The van der Waals surface area contributed by atoms with Crippen LogP contribution in [0.1, 0.15) is 36.9 Å². The highest BCUT2D eigenvalue weighted by molar-refractivity contribution is 7.18. The number of hydrogen-bond acceptors (Lipinski definition) is 7. The van der Waals surface area contributed by atoms with Crippen molar-refractivity contribution in [3.05, 3.63) is 59.5 Å². The van der Waals surface area contributed by atoms with Crippen molar-refractivity contribution in [2.75, 3.05) is 18.0 Å². The molecule has 5 rings (SSSR count). The molecule has 35 heavy (non-hydrogen) atoms. The molecule has 2 saturated heterocycles. The zero-order chi connectivity index (χ0) is 24.7. The number of thiazole rings is 1. The molecule has 182 valence electrons. The van der Waals surface area contributed by atoms with E-state index >= 15 is 0 Å². The van der Waals surface area contributed by atoms with E-state index in [4.69, 9.17) is 20.2 Å². The number of hydrogen-bond donors (Lipinski definition) is 1.